The average molecular weight is 288 g/mol. The number of nitrogens with zero attached hydrogens (tertiary/aromatic N) is 2. The maximum atomic E-state index is 11.5. The number of ether oxygens (including phenoxy) is 1. The summed E-state index contributed by atoms with van der Waals surface area (Å²) in [7, 11) is 1.28. The summed E-state index contributed by atoms with van der Waals surface area (Å²) in [5, 5.41) is 6.10. The number of rotatable bonds is 3. The van der Waals surface area contributed by atoms with Gasteiger partial charge < -0.3 is 15.4 Å². The summed E-state index contributed by atoms with van der Waals surface area (Å²) in [4.78, 5) is 19.5. The molecular weight excluding hydrogens is 276 g/mol. The van der Waals surface area contributed by atoms with E-state index in [0.29, 0.717) is 5.11 Å². The zero-order chi connectivity index (χ0) is 14.4. The van der Waals surface area contributed by atoms with Crippen LogP contribution in [0.25, 0.3) is 0 Å². The van der Waals surface area contributed by atoms with Crippen LogP contribution in [0.3, 0.4) is 0 Å². The smallest absolute Gasteiger partial charge is 0.360 e. The van der Waals surface area contributed by atoms with Crippen LogP contribution in [-0.4, -0.2) is 28.2 Å². The van der Waals surface area contributed by atoms with Crippen molar-refractivity contribution in [2.75, 3.05) is 17.7 Å². The molecule has 0 aliphatic heterocycles. The first-order chi connectivity index (χ1) is 9.70. The molecule has 1 aromatic heterocycles. The van der Waals surface area contributed by atoms with E-state index in [9.17, 15) is 4.79 Å². The van der Waals surface area contributed by atoms with Crippen LogP contribution < -0.4 is 10.6 Å². The summed E-state index contributed by atoms with van der Waals surface area (Å²) in [6.07, 6.45) is 2.87. The Kier molecular flexibility index (Phi) is 4.56. The Morgan fingerprint density at radius 1 is 1.15 bits per heavy atom. The highest BCUT2D eigenvalue weighted by Gasteiger charge is 2.15. The van der Waals surface area contributed by atoms with Gasteiger partial charge in [-0.05, 0) is 24.4 Å². The predicted octanol–water partition coefficient (Wildman–Crippen LogP) is 2.07. The van der Waals surface area contributed by atoms with Gasteiger partial charge in [0.1, 0.15) is 0 Å². The van der Waals surface area contributed by atoms with Crippen molar-refractivity contribution in [1.82, 2.24) is 9.97 Å². The topological polar surface area (TPSA) is 76.1 Å². The molecule has 102 valence electrons. The number of thiocarbonyl (C=S) groups is 1. The van der Waals surface area contributed by atoms with Gasteiger partial charge in [0.15, 0.2) is 16.6 Å². The van der Waals surface area contributed by atoms with Gasteiger partial charge in [-0.25, -0.2) is 14.8 Å². The molecule has 0 radical (unpaired) electrons. The van der Waals surface area contributed by atoms with Gasteiger partial charge in [0, 0.05) is 18.1 Å². The molecule has 0 fully saturated rings. The molecule has 2 rings (SSSR count). The SMILES string of the molecule is COC(=O)c1nccnc1NC(=S)Nc1ccccc1. The number of hydrogen-bond donors (Lipinski definition) is 2. The van der Waals surface area contributed by atoms with Gasteiger partial charge in [0.25, 0.3) is 0 Å². The summed E-state index contributed by atoms with van der Waals surface area (Å²) in [5.41, 5.74) is 0.903. The lowest BCUT2D eigenvalue weighted by Crippen LogP contribution is -2.22. The van der Waals surface area contributed by atoms with Crippen LogP contribution in [-0.2, 0) is 4.74 Å². The van der Waals surface area contributed by atoms with Gasteiger partial charge in [-0.1, -0.05) is 18.2 Å². The second-order valence-corrected chi connectivity index (χ2v) is 4.10. The van der Waals surface area contributed by atoms with Crippen LogP contribution in [0.1, 0.15) is 10.5 Å². The van der Waals surface area contributed by atoms with Crippen molar-refractivity contribution in [2.45, 2.75) is 0 Å². The normalized spacial score (nSPS) is 9.65. The Morgan fingerprint density at radius 2 is 1.85 bits per heavy atom. The molecule has 0 bridgehead atoms. The molecule has 0 aliphatic rings. The van der Waals surface area contributed by atoms with Crippen LogP contribution in [0.15, 0.2) is 42.7 Å². The first-order valence-corrected chi connectivity index (χ1v) is 6.14. The number of aromatic nitrogens is 2. The monoisotopic (exact) mass is 288 g/mol. The van der Waals surface area contributed by atoms with Crippen molar-refractivity contribution < 1.29 is 9.53 Å². The van der Waals surface area contributed by atoms with Crippen molar-refractivity contribution >= 4 is 34.8 Å². The summed E-state index contributed by atoms with van der Waals surface area (Å²) < 4.78 is 4.63. The molecule has 6 nitrogen and oxygen atoms in total. The second-order valence-electron chi connectivity index (χ2n) is 3.69. The van der Waals surface area contributed by atoms with E-state index in [-0.39, 0.29) is 11.5 Å². The van der Waals surface area contributed by atoms with Crippen molar-refractivity contribution in [3.63, 3.8) is 0 Å². The minimum atomic E-state index is -0.580. The lowest BCUT2D eigenvalue weighted by molar-refractivity contribution is 0.0595. The quantitative estimate of drug-likeness (QED) is 0.661. The Balaban J connectivity index is 2.10. The largest absolute Gasteiger partial charge is 0.464 e. The summed E-state index contributed by atoms with van der Waals surface area (Å²) in [5.74, 6) is -0.337. The van der Waals surface area contributed by atoms with Crippen LogP contribution in [0.5, 0.6) is 0 Å². The number of esters is 1. The molecule has 0 saturated heterocycles. The fourth-order valence-electron chi connectivity index (χ4n) is 1.47. The van der Waals surface area contributed by atoms with Crippen LogP contribution in [0.4, 0.5) is 11.5 Å². The highest BCUT2D eigenvalue weighted by Crippen LogP contribution is 2.11. The van der Waals surface area contributed by atoms with Gasteiger partial charge in [-0.3, -0.25) is 0 Å². The van der Waals surface area contributed by atoms with E-state index < -0.39 is 5.97 Å². The van der Waals surface area contributed by atoms with Crippen LogP contribution in [0.2, 0.25) is 0 Å². The number of hydrogen-bond acceptors (Lipinski definition) is 5. The maximum Gasteiger partial charge on any atom is 0.360 e. The highest BCUT2D eigenvalue weighted by molar-refractivity contribution is 7.80. The molecule has 1 aromatic carbocycles. The molecule has 0 spiro atoms. The maximum absolute atomic E-state index is 11.5. The van der Waals surface area contributed by atoms with Gasteiger partial charge in [0.2, 0.25) is 0 Å². The number of para-hydroxylation sites is 1. The molecule has 0 unspecified atom stereocenters. The van der Waals surface area contributed by atoms with Crippen molar-refractivity contribution in [3.05, 3.63) is 48.4 Å². The number of methoxy groups -OCH3 is 1. The third-order valence-corrected chi connectivity index (χ3v) is 2.54. The number of carbonyl (C=O) groups is 1. The van der Waals surface area contributed by atoms with Crippen molar-refractivity contribution in [2.24, 2.45) is 0 Å². The highest BCUT2D eigenvalue weighted by atomic mass is 32.1. The van der Waals surface area contributed by atoms with Gasteiger partial charge in [-0.2, -0.15) is 0 Å². The van der Waals surface area contributed by atoms with Crippen LogP contribution in [0, 0.1) is 0 Å². The lowest BCUT2D eigenvalue weighted by Gasteiger charge is -2.11. The molecule has 0 atom stereocenters. The van der Waals surface area contributed by atoms with E-state index >= 15 is 0 Å². The summed E-state index contributed by atoms with van der Waals surface area (Å²) in [6.45, 7) is 0. The summed E-state index contributed by atoms with van der Waals surface area (Å²) in [6, 6.07) is 9.40. The van der Waals surface area contributed by atoms with E-state index in [1.807, 2.05) is 30.3 Å². The third kappa shape index (κ3) is 3.48. The molecule has 2 aromatic rings. The van der Waals surface area contributed by atoms with E-state index in [1.54, 1.807) is 0 Å². The Labute approximate surface area is 121 Å². The summed E-state index contributed by atoms with van der Waals surface area (Å²) >= 11 is 5.16. The first kappa shape index (κ1) is 13.9. The zero-order valence-electron chi connectivity index (χ0n) is 10.7. The van der Waals surface area contributed by atoms with Crippen molar-refractivity contribution in [1.29, 1.82) is 0 Å². The minimum absolute atomic E-state index is 0.0761. The second kappa shape index (κ2) is 6.58. The van der Waals surface area contributed by atoms with Gasteiger partial charge in [-0.15, -0.1) is 0 Å². The fourth-order valence-corrected chi connectivity index (χ4v) is 1.68. The van der Waals surface area contributed by atoms with E-state index in [0.717, 1.165) is 5.69 Å². The van der Waals surface area contributed by atoms with Gasteiger partial charge >= 0.3 is 5.97 Å². The lowest BCUT2D eigenvalue weighted by atomic mass is 10.3. The molecule has 20 heavy (non-hydrogen) atoms. The van der Waals surface area contributed by atoms with E-state index in [4.69, 9.17) is 12.2 Å². The molecule has 7 heteroatoms. The van der Waals surface area contributed by atoms with Crippen molar-refractivity contribution in [3.8, 4) is 0 Å². The van der Waals surface area contributed by atoms with Gasteiger partial charge in [0.05, 0.1) is 7.11 Å². The predicted molar refractivity (Wildman–Crippen MR) is 79.7 cm³/mol. The fraction of sp³-hybridized carbons (Fsp3) is 0.0769. The molecule has 0 amide bonds. The van der Waals surface area contributed by atoms with E-state index in [2.05, 4.69) is 25.3 Å². The first-order valence-electron chi connectivity index (χ1n) is 5.73. The number of carbonyl (C=O) groups excluding carboxylic acids is 1. The minimum Gasteiger partial charge on any atom is -0.464 e. The number of nitrogens with one attached hydrogen (secondary N) is 2. The molecule has 2 N–H and O–H groups in total. The molecule has 0 aliphatic carbocycles. The third-order valence-electron chi connectivity index (χ3n) is 2.34. The van der Waals surface area contributed by atoms with Crippen LogP contribution >= 0.6 is 12.2 Å². The van der Waals surface area contributed by atoms with E-state index in [1.165, 1.54) is 19.5 Å². The Hall–Kier alpha value is -2.54. The number of benzene rings is 1. The molecule has 1 heterocycles. The number of anilines is 2. The molecule has 0 saturated carbocycles. The Morgan fingerprint density at radius 3 is 2.55 bits per heavy atom. The zero-order valence-corrected chi connectivity index (χ0v) is 11.5. The molecular formula is C13H12N4O2S. The average Bonchev–Trinajstić information content (AvgIpc) is 2.48. The Bertz CT molecular complexity index is 619. The standard InChI is InChI=1S/C13H12N4O2S/c1-19-12(18)10-11(15-8-7-14-10)17-13(20)16-9-5-3-2-4-6-9/h2-8H,1H3,(H2,15,16,17,20).